The molecular formula is C38H49F2N7O6S. The van der Waals surface area contributed by atoms with Crippen molar-refractivity contribution in [2.24, 2.45) is 11.1 Å². The number of nitrogens with one attached hydrogen (secondary N) is 4. The molecule has 2 aromatic carbocycles. The van der Waals surface area contributed by atoms with E-state index in [1.165, 1.54) is 16.7 Å². The van der Waals surface area contributed by atoms with Crippen molar-refractivity contribution in [2.45, 2.75) is 57.5 Å². The van der Waals surface area contributed by atoms with E-state index >= 15 is 4.39 Å². The van der Waals surface area contributed by atoms with Crippen LogP contribution in [0.3, 0.4) is 0 Å². The molecule has 0 radical (unpaired) electrons. The quantitative estimate of drug-likeness (QED) is 0.113. The van der Waals surface area contributed by atoms with E-state index in [1.807, 2.05) is 55.7 Å². The van der Waals surface area contributed by atoms with E-state index in [0.717, 1.165) is 23.8 Å². The lowest BCUT2D eigenvalue weighted by atomic mass is 9.82. The first kappa shape index (κ1) is 41.9. The largest absolute Gasteiger partial charge is 0.387 e. The number of carbonyl (C=O) groups excluding carboxylic acids is 5. The summed E-state index contributed by atoms with van der Waals surface area (Å²) in [5, 5.41) is 20.0. The van der Waals surface area contributed by atoms with Crippen LogP contribution in [0.5, 0.6) is 0 Å². The predicted octanol–water partition coefficient (Wildman–Crippen LogP) is 2.08. The van der Waals surface area contributed by atoms with Crippen LogP contribution in [0.15, 0.2) is 60.8 Å². The zero-order valence-electron chi connectivity index (χ0n) is 30.7. The lowest BCUT2D eigenvalue weighted by Crippen LogP contribution is -2.48. The van der Waals surface area contributed by atoms with Crippen molar-refractivity contribution in [3.8, 4) is 11.1 Å². The summed E-state index contributed by atoms with van der Waals surface area (Å²) < 4.78 is 31.2. The molecule has 1 aliphatic heterocycles. The predicted molar refractivity (Wildman–Crippen MR) is 202 cm³/mol. The summed E-state index contributed by atoms with van der Waals surface area (Å²) in [6.45, 7) is 5.63. The Balaban J connectivity index is 1.40. The summed E-state index contributed by atoms with van der Waals surface area (Å²) in [5.41, 5.74) is 7.59. The van der Waals surface area contributed by atoms with E-state index in [9.17, 15) is 33.5 Å². The lowest BCUT2D eigenvalue weighted by molar-refractivity contribution is -0.140. The van der Waals surface area contributed by atoms with Crippen LogP contribution in [0, 0.1) is 17.0 Å². The van der Waals surface area contributed by atoms with Crippen molar-refractivity contribution in [1.82, 2.24) is 30.7 Å². The third kappa shape index (κ3) is 11.9. The Morgan fingerprint density at radius 2 is 1.76 bits per heavy atom. The number of aliphatic hydroxyl groups excluding tert-OH is 1. The third-order valence-electron chi connectivity index (χ3n) is 8.83. The summed E-state index contributed by atoms with van der Waals surface area (Å²) in [6.07, 6.45) is 1.69. The highest BCUT2D eigenvalue weighted by atomic mass is 32.2. The van der Waals surface area contributed by atoms with Crippen molar-refractivity contribution in [2.75, 3.05) is 45.1 Å². The molecule has 1 fully saturated rings. The second-order valence-corrected chi connectivity index (χ2v) is 15.4. The molecule has 54 heavy (non-hydrogen) atoms. The normalized spacial score (nSPS) is 15.5. The van der Waals surface area contributed by atoms with E-state index in [2.05, 4.69) is 21.3 Å². The van der Waals surface area contributed by atoms with Gasteiger partial charge in [-0.1, -0.05) is 51.1 Å². The van der Waals surface area contributed by atoms with Crippen molar-refractivity contribution in [3.63, 3.8) is 0 Å². The molecule has 4 rings (SSSR count). The van der Waals surface area contributed by atoms with Crippen molar-refractivity contribution in [1.29, 1.82) is 0 Å². The molecule has 0 bridgehead atoms. The molecule has 3 aromatic rings. The van der Waals surface area contributed by atoms with Crippen molar-refractivity contribution < 1.29 is 37.9 Å². The fourth-order valence-electron chi connectivity index (χ4n) is 6.23. The minimum absolute atomic E-state index is 0.0185. The topological polar surface area (TPSA) is 188 Å². The van der Waals surface area contributed by atoms with Gasteiger partial charge in [-0.15, -0.1) is 11.8 Å². The van der Waals surface area contributed by atoms with Gasteiger partial charge < -0.3 is 41.6 Å². The lowest BCUT2D eigenvalue weighted by Gasteiger charge is -2.41. The Hall–Kier alpha value is -4.80. The molecule has 0 spiro atoms. The Labute approximate surface area is 317 Å². The monoisotopic (exact) mass is 769 g/mol. The SMILES string of the molecule is CC(C)(C)[C@H](c1cc(-c2cc(F)ccc2F)cn1Cc1ccccc1)N(CC[C@H](N)C(=O)NCCNC(=O)CNC(=O)CC1SCCNC1=O)C(=O)CO. The van der Waals surface area contributed by atoms with E-state index in [4.69, 9.17) is 5.73 Å². The van der Waals surface area contributed by atoms with Crippen molar-refractivity contribution in [3.05, 3.63) is 83.7 Å². The molecule has 2 heterocycles. The standard InChI is InChI=1S/C38H49F2N7O6S/c1-38(2,3)35(30-17-25(27-18-26(39)9-10-28(27)40)22-46(30)21-24-7-5-4-6-8-24)47(34(51)23-48)15-11-29(41)36(52)43-13-12-42-33(50)20-45-32(49)19-31-37(53)44-14-16-54-31/h4-10,17-18,22,29,31,35,48H,11-16,19-21,23,41H2,1-3H3,(H,42,50)(H,43,52)(H,44,53)(H,45,49)/t29-,31?,35-/m0/s1. The van der Waals surface area contributed by atoms with E-state index < -0.39 is 64.6 Å². The number of aliphatic hydroxyl groups is 1. The van der Waals surface area contributed by atoms with Gasteiger partial charge in [0, 0.05) is 67.9 Å². The van der Waals surface area contributed by atoms with E-state index in [-0.39, 0.29) is 50.5 Å². The molecule has 16 heteroatoms. The maximum atomic E-state index is 15.0. The van der Waals surface area contributed by atoms with Gasteiger partial charge in [0.1, 0.15) is 18.2 Å². The highest BCUT2D eigenvalue weighted by Gasteiger charge is 2.37. The highest BCUT2D eigenvalue weighted by molar-refractivity contribution is 8.00. The maximum Gasteiger partial charge on any atom is 0.248 e. The molecule has 0 saturated carbocycles. The number of carbonyl (C=O) groups is 5. The van der Waals surface area contributed by atoms with Crippen LogP contribution in [-0.2, 0) is 30.5 Å². The third-order valence-corrected chi connectivity index (χ3v) is 10.0. The molecule has 292 valence electrons. The fourth-order valence-corrected chi connectivity index (χ4v) is 7.24. The van der Waals surface area contributed by atoms with Crippen LogP contribution in [0.2, 0.25) is 0 Å². The zero-order valence-corrected chi connectivity index (χ0v) is 31.5. The molecule has 13 nitrogen and oxygen atoms in total. The number of nitrogens with zero attached hydrogens (tertiary/aromatic N) is 2. The van der Waals surface area contributed by atoms with Crippen LogP contribution in [0.1, 0.15) is 50.9 Å². The van der Waals surface area contributed by atoms with Gasteiger partial charge in [0.2, 0.25) is 29.5 Å². The van der Waals surface area contributed by atoms with Crippen LogP contribution >= 0.6 is 11.8 Å². The zero-order chi connectivity index (χ0) is 39.4. The first-order valence-corrected chi connectivity index (χ1v) is 18.8. The van der Waals surface area contributed by atoms with Gasteiger partial charge in [-0.3, -0.25) is 24.0 Å². The van der Waals surface area contributed by atoms with Gasteiger partial charge >= 0.3 is 0 Å². The van der Waals surface area contributed by atoms with Gasteiger partial charge in [-0.25, -0.2) is 8.78 Å². The molecular weight excluding hydrogens is 721 g/mol. The van der Waals surface area contributed by atoms with Gasteiger partial charge in [0.25, 0.3) is 0 Å². The Morgan fingerprint density at radius 3 is 2.44 bits per heavy atom. The molecule has 1 saturated heterocycles. The number of benzene rings is 2. The minimum Gasteiger partial charge on any atom is -0.387 e. The molecule has 1 unspecified atom stereocenters. The minimum atomic E-state index is -1.06. The second-order valence-electron chi connectivity index (χ2n) is 14.1. The van der Waals surface area contributed by atoms with E-state index in [1.54, 1.807) is 12.3 Å². The average Bonchev–Trinajstić information content (AvgIpc) is 3.54. The molecule has 5 amide bonds. The van der Waals surface area contributed by atoms with Crippen LogP contribution < -0.4 is 27.0 Å². The van der Waals surface area contributed by atoms with Crippen LogP contribution in [0.25, 0.3) is 11.1 Å². The van der Waals surface area contributed by atoms with Crippen molar-refractivity contribution >= 4 is 41.3 Å². The first-order chi connectivity index (χ1) is 25.7. The number of nitrogens with two attached hydrogens (primary N) is 1. The fraction of sp³-hybridized carbons (Fsp3) is 0.447. The molecule has 1 aliphatic rings. The van der Waals surface area contributed by atoms with Gasteiger partial charge in [-0.05, 0) is 41.7 Å². The van der Waals surface area contributed by atoms with Crippen LogP contribution in [-0.4, -0.2) is 100 Å². The second kappa shape index (κ2) is 19.5. The molecule has 0 aliphatic carbocycles. The summed E-state index contributed by atoms with van der Waals surface area (Å²) >= 11 is 1.39. The molecule has 1 aromatic heterocycles. The summed E-state index contributed by atoms with van der Waals surface area (Å²) in [4.78, 5) is 64.0. The van der Waals surface area contributed by atoms with Gasteiger partial charge in [-0.2, -0.15) is 0 Å². The van der Waals surface area contributed by atoms with Gasteiger partial charge in [0.15, 0.2) is 0 Å². The highest BCUT2D eigenvalue weighted by Crippen LogP contribution is 2.41. The molecule has 3 atom stereocenters. The Bertz CT molecular complexity index is 1780. The summed E-state index contributed by atoms with van der Waals surface area (Å²) in [5.74, 6) is -2.74. The number of amides is 5. The molecule has 7 N–H and O–H groups in total. The van der Waals surface area contributed by atoms with E-state index in [0.29, 0.717) is 30.1 Å². The number of hydrogen-bond acceptors (Lipinski definition) is 8. The van der Waals surface area contributed by atoms with Gasteiger partial charge in [0.05, 0.1) is 23.9 Å². The average molecular weight is 770 g/mol. The number of thioether (sulfide) groups is 1. The maximum absolute atomic E-state index is 15.0. The Morgan fingerprint density at radius 1 is 1.04 bits per heavy atom. The number of hydrogen-bond donors (Lipinski definition) is 6. The Kier molecular flexibility index (Phi) is 15.2. The summed E-state index contributed by atoms with van der Waals surface area (Å²) in [6, 6.07) is 12.7. The first-order valence-electron chi connectivity index (χ1n) is 17.7. The van der Waals surface area contributed by atoms with Crippen LogP contribution in [0.4, 0.5) is 8.78 Å². The summed E-state index contributed by atoms with van der Waals surface area (Å²) in [7, 11) is 0. The number of aromatic nitrogens is 1. The smallest absolute Gasteiger partial charge is 0.248 e. The number of halogens is 2. The number of rotatable bonds is 17.